The van der Waals surface area contributed by atoms with Crippen molar-refractivity contribution in [3.63, 3.8) is 0 Å². The number of anilines is 1. The maximum Gasteiger partial charge on any atom is 0.123 e. The number of rotatable bonds is 8. The van der Waals surface area contributed by atoms with Crippen molar-refractivity contribution in [3.05, 3.63) is 59.9 Å². The summed E-state index contributed by atoms with van der Waals surface area (Å²) in [5, 5.41) is 11.0. The van der Waals surface area contributed by atoms with Crippen molar-refractivity contribution in [3.8, 4) is 5.75 Å². The fourth-order valence-corrected chi connectivity index (χ4v) is 3.78. The molecule has 0 bridgehead atoms. The van der Waals surface area contributed by atoms with E-state index in [4.69, 9.17) is 4.74 Å². The number of hydrogen-bond acceptors (Lipinski definition) is 4. The summed E-state index contributed by atoms with van der Waals surface area (Å²) in [4.78, 5) is 4.51. The number of benzene rings is 2. The van der Waals surface area contributed by atoms with E-state index in [1.165, 1.54) is 12.1 Å². The van der Waals surface area contributed by atoms with E-state index in [-0.39, 0.29) is 11.9 Å². The minimum atomic E-state index is -0.617. The smallest absolute Gasteiger partial charge is 0.123 e. The second-order valence-corrected chi connectivity index (χ2v) is 8.46. The Morgan fingerprint density at radius 3 is 2.28 bits per heavy atom. The largest absolute Gasteiger partial charge is 0.491 e. The number of hydrogen-bond donors (Lipinski definition) is 1. The van der Waals surface area contributed by atoms with Crippen LogP contribution in [-0.2, 0) is 6.54 Å². The fraction of sp³-hybridized carbons (Fsp3) is 0.500. The monoisotopic (exact) mass is 400 g/mol. The molecule has 4 nitrogen and oxygen atoms in total. The van der Waals surface area contributed by atoms with E-state index >= 15 is 0 Å². The Hall–Kier alpha value is -2.11. The number of likely N-dealkylation sites (tertiary alicyclic amines) is 1. The normalized spacial score (nSPS) is 16.8. The average molecular weight is 401 g/mol. The molecule has 0 aromatic heterocycles. The predicted molar refractivity (Wildman–Crippen MR) is 116 cm³/mol. The molecule has 1 N–H and O–H groups in total. The van der Waals surface area contributed by atoms with Gasteiger partial charge in [-0.05, 0) is 75.1 Å². The van der Waals surface area contributed by atoms with Crippen LogP contribution in [0.5, 0.6) is 5.75 Å². The summed E-state index contributed by atoms with van der Waals surface area (Å²) >= 11 is 0. The minimum Gasteiger partial charge on any atom is -0.491 e. The molecule has 0 saturated carbocycles. The molecule has 0 amide bonds. The van der Waals surface area contributed by atoms with Gasteiger partial charge < -0.3 is 14.7 Å². The summed E-state index contributed by atoms with van der Waals surface area (Å²) in [7, 11) is 2.06. The van der Waals surface area contributed by atoms with Crippen molar-refractivity contribution < 1.29 is 14.2 Å². The van der Waals surface area contributed by atoms with Gasteiger partial charge >= 0.3 is 0 Å². The third kappa shape index (κ3) is 6.44. The molecule has 29 heavy (non-hydrogen) atoms. The second-order valence-electron chi connectivity index (χ2n) is 8.46. The van der Waals surface area contributed by atoms with Gasteiger partial charge in [-0.25, -0.2) is 4.39 Å². The third-order valence-electron chi connectivity index (χ3n) is 5.67. The molecule has 2 aromatic rings. The topological polar surface area (TPSA) is 35.9 Å². The van der Waals surface area contributed by atoms with Crippen molar-refractivity contribution in [1.29, 1.82) is 0 Å². The quantitative estimate of drug-likeness (QED) is 0.709. The molecular weight excluding hydrogens is 367 g/mol. The molecule has 1 aliphatic heterocycles. The highest BCUT2D eigenvalue weighted by molar-refractivity contribution is 5.48. The molecule has 3 rings (SSSR count). The third-order valence-corrected chi connectivity index (χ3v) is 5.67. The summed E-state index contributed by atoms with van der Waals surface area (Å²) in [6, 6.07) is 14.8. The first-order valence-corrected chi connectivity index (χ1v) is 10.5. The standard InChI is InChI=1S/C24H33FN2O2/c1-19(2)29-23-10-8-22(9-11-23)26(3)15-12-24(28)13-16-27(17-14-24)18-20-4-6-21(25)7-5-20/h4-11,19,28H,12-18H2,1-3H3. The van der Waals surface area contributed by atoms with Gasteiger partial charge in [-0.3, -0.25) is 4.90 Å². The summed E-state index contributed by atoms with van der Waals surface area (Å²) in [6.45, 7) is 7.37. The Morgan fingerprint density at radius 2 is 1.69 bits per heavy atom. The van der Waals surface area contributed by atoms with Crippen LogP contribution in [0, 0.1) is 5.82 Å². The summed E-state index contributed by atoms with van der Waals surface area (Å²) in [5.74, 6) is 0.678. The van der Waals surface area contributed by atoms with Gasteiger partial charge in [0, 0.05) is 38.9 Å². The number of ether oxygens (including phenoxy) is 1. The van der Waals surface area contributed by atoms with Gasteiger partial charge in [0.1, 0.15) is 11.6 Å². The van der Waals surface area contributed by atoms with Crippen molar-refractivity contribution in [1.82, 2.24) is 4.90 Å². The Labute approximate surface area is 173 Å². The van der Waals surface area contributed by atoms with Crippen LogP contribution in [0.25, 0.3) is 0 Å². The Kier molecular flexibility index (Phi) is 7.14. The van der Waals surface area contributed by atoms with Crippen LogP contribution in [0.4, 0.5) is 10.1 Å². The van der Waals surface area contributed by atoms with Crippen LogP contribution in [0.2, 0.25) is 0 Å². The minimum absolute atomic E-state index is 0.168. The van der Waals surface area contributed by atoms with E-state index in [9.17, 15) is 9.50 Å². The van der Waals surface area contributed by atoms with Crippen LogP contribution in [0.1, 0.15) is 38.7 Å². The molecule has 0 atom stereocenters. The lowest BCUT2D eigenvalue weighted by Crippen LogP contribution is -2.45. The highest BCUT2D eigenvalue weighted by Gasteiger charge is 2.32. The van der Waals surface area contributed by atoms with Crippen LogP contribution in [0.3, 0.4) is 0 Å². The van der Waals surface area contributed by atoms with Gasteiger partial charge in [0.15, 0.2) is 0 Å². The van der Waals surface area contributed by atoms with Gasteiger partial charge in [-0.1, -0.05) is 12.1 Å². The zero-order valence-corrected chi connectivity index (χ0v) is 17.8. The highest BCUT2D eigenvalue weighted by atomic mass is 19.1. The maximum absolute atomic E-state index is 13.1. The number of aliphatic hydroxyl groups is 1. The average Bonchev–Trinajstić information content (AvgIpc) is 2.70. The van der Waals surface area contributed by atoms with Crippen LogP contribution in [0.15, 0.2) is 48.5 Å². The Morgan fingerprint density at radius 1 is 1.07 bits per heavy atom. The molecule has 158 valence electrons. The van der Waals surface area contributed by atoms with Gasteiger partial charge in [0.25, 0.3) is 0 Å². The van der Waals surface area contributed by atoms with Crippen molar-refractivity contribution in [2.45, 2.75) is 51.4 Å². The number of piperidine rings is 1. The molecule has 0 radical (unpaired) electrons. The van der Waals surface area contributed by atoms with Crippen LogP contribution >= 0.6 is 0 Å². The zero-order valence-electron chi connectivity index (χ0n) is 17.8. The van der Waals surface area contributed by atoms with E-state index in [1.54, 1.807) is 0 Å². The predicted octanol–water partition coefficient (Wildman–Crippen LogP) is 4.47. The summed E-state index contributed by atoms with van der Waals surface area (Å²) in [6.07, 6.45) is 2.45. The molecular formula is C24H33FN2O2. The molecule has 1 saturated heterocycles. The lowest BCUT2D eigenvalue weighted by Gasteiger charge is -2.39. The molecule has 0 unspecified atom stereocenters. The molecule has 1 heterocycles. The Balaban J connectivity index is 1.45. The van der Waals surface area contributed by atoms with Crippen molar-refractivity contribution in [2.24, 2.45) is 0 Å². The molecule has 1 fully saturated rings. The van der Waals surface area contributed by atoms with Crippen molar-refractivity contribution >= 4 is 5.69 Å². The van der Waals surface area contributed by atoms with Gasteiger partial charge in [-0.2, -0.15) is 0 Å². The van der Waals surface area contributed by atoms with E-state index in [2.05, 4.69) is 29.0 Å². The van der Waals surface area contributed by atoms with E-state index in [1.807, 2.05) is 38.1 Å². The molecule has 2 aromatic carbocycles. The lowest BCUT2D eigenvalue weighted by atomic mass is 9.88. The van der Waals surface area contributed by atoms with Gasteiger partial charge in [-0.15, -0.1) is 0 Å². The molecule has 0 aliphatic carbocycles. The Bertz CT molecular complexity index is 753. The zero-order chi connectivity index (χ0) is 20.9. The van der Waals surface area contributed by atoms with Gasteiger partial charge in [0.05, 0.1) is 11.7 Å². The lowest BCUT2D eigenvalue weighted by molar-refractivity contribution is -0.0275. The summed E-state index contributed by atoms with van der Waals surface area (Å²) in [5.41, 5.74) is 1.62. The SMILES string of the molecule is CC(C)Oc1ccc(N(C)CCC2(O)CCN(Cc3ccc(F)cc3)CC2)cc1. The van der Waals surface area contributed by atoms with E-state index < -0.39 is 5.60 Å². The van der Waals surface area contributed by atoms with Crippen LogP contribution < -0.4 is 9.64 Å². The first kappa shape index (κ1) is 21.6. The van der Waals surface area contributed by atoms with Gasteiger partial charge in [0.2, 0.25) is 0 Å². The van der Waals surface area contributed by atoms with Crippen LogP contribution in [-0.4, -0.2) is 48.4 Å². The molecule has 0 spiro atoms. The second kappa shape index (κ2) is 9.59. The fourth-order valence-electron chi connectivity index (χ4n) is 3.78. The number of nitrogens with zero attached hydrogens (tertiary/aromatic N) is 2. The van der Waals surface area contributed by atoms with Crippen molar-refractivity contribution in [2.75, 3.05) is 31.6 Å². The first-order chi connectivity index (χ1) is 13.8. The molecule has 5 heteroatoms. The molecule has 1 aliphatic rings. The van der Waals surface area contributed by atoms with E-state index in [0.29, 0.717) is 0 Å². The maximum atomic E-state index is 13.1. The summed E-state index contributed by atoms with van der Waals surface area (Å²) < 4.78 is 18.7. The van der Waals surface area contributed by atoms with E-state index in [0.717, 1.165) is 62.4 Å². The number of halogens is 1. The highest BCUT2D eigenvalue weighted by Crippen LogP contribution is 2.28. The first-order valence-electron chi connectivity index (χ1n) is 10.5.